The van der Waals surface area contributed by atoms with Gasteiger partial charge in [0.2, 0.25) is 5.95 Å². The summed E-state index contributed by atoms with van der Waals surface area (Å²) in [5.74, 6) is 5.90. The first-order valence-corrected chi connectivity index (χ1v) is 3.25. The Labute approximate surface area is 60.0 Å². The van der Waals surface area contributed by atoms with Crippen LogP contribution in [-0.4, -0.2) is 9.55 Å². The number of anilines is 1. The van der Waals surface area contributed by atoms with Crippen molar-refractivity contribution < 1.29 is 0 Å². The molecule has 0 bridgehead atoms. The number of nitrogens with one attached hydrogen (secondary N) is 1. The molecule has 4 heteroatoms. The van der Waals surface area contributed by atoms with Gasteiger partial charge < -0.3 is 4.57 Å². The van der Waals surface area contributed by atoms with Gasteiger partial charge in [-0.25, -0.2) is 10.8 Å². The lowest BCUT2D eigenvalue weighted by molar-refractivity contribution is 0.605. The maximum absolute atomic E-state index is 5.20. The Morgan fingerprint density at radius 2 is 2.40 bits per heavy atom. The lowest BCUT2D eigenvalue weighted by atomic mass is 10.4. The van der Waals surface area contributed by atoms with Gasteiger partial charge in [0.1, 0.15) is 0 Å². The minimum atomic E-state index is 0.397. The van der Waals surface area contributed by atoms with Crippen molar-refractivity contribution in [3.05, 3.63) is 12.4 Å². The normalized spacial score (nSPS) is 10.4. The molecule has 0 spiro atoms. The maximum atomic E-state index is 5.20. The molecule has 0 amide bonds. The predicted molar refractivity (Wildman–Crippen MR) is 40.4 cm³/mol. The molecule has 56 valence electrons. The molecule has 0 fully saturated rings. The van der Waals surface area contributed by atoms with Crippen molar-refractivity contribution in [1.29, 1.82) is 0 Å². The molecule has 0 aliphatic rings. The Morgan fingerprint density at radius 3 is 2.80 bits per heavy atom. The molecule has 0 aliphatic carbocycles. The molecule has 0 radical (unpaired) electrons. The SMILES string of the molecule is CC(C)n1ccnc1NN. The Bertz CT molecular complexity index is 203. The second kappa shape index (κ2) is 2.70. The van der Waals surface area contributed by atoms with E-state index in [9.17, 15) is 0 Å². The third-order valence-electron chi connectivity index (χ3n) is 1.35. The minimum Gasteiger partial charge on any atom is -0.314 e. The number of hydrazine groups is 1. The summed E-state index contributed by atoms with van der Waals surface area (Å²) in [4.78, 5) is 3.98. The third-order valence-corrected chi connectivity index (χ3v) is 1.35. The molecule has 1 aromatic heterocycles. The van der Waals surface area contributed by atoms with Gasteiger partial charge in [-0.05, 0) is 13.8 Å². The zero-order valence-electron chi connectivity index (χ0n) is 6.20. The standard InChI is InChI=1S/C6H12N4/c1-5(2)10-4-3-8-6(10)9-7/h3-5H,7H2,1-2H3,(H,8,9). The largest absolute Gasteiger partial charge is 0.314 e. The number of nitrogens with zero attached hydrogens (tertiary/aromatic N) is 2. The molecule has 0 unspecified atom stereocenters. The van der Waals surface area contributed by atoms with Gasteiger partial charge in [0, 0.05) is 18.4 Å². The average molecular weight is 140 g/mol. The van der Waals surface area contributed by atoms with Crippen LogP contribution in [0.25, 0.3) is 0 Å². The lowest BCUT2D eigenvalue weighted by Crippen LogP contribution is -2.13. The van der Waals surface area contributed by atoms with Crippen molar-refractivity contribution in [2.75, 3.05) is 5.43 Å². The van der Waals surface area contributed by atoms with E-state index < -0.39 is 0 Å². The van der Waals surface area contributed by atoms with Gasteiger partial charge in [0.25, 0.3) is 0 Å². The summed E-state index contributed by atoms with van der Waals surface area (Å²) in [5.41, 5.74) is 2.51. The summed E-state index contributed by atoms with van der Waals surface area (Å²) in [6, 6.07) is 0.397. The summed E-state index contributed by atoms with van der Waals surface area (Å²) >= 11 is 0. The fourth-order valence-electron chi connectivity index (χ4n) is 0.842. The second-order valence-corrected chi connectivity index (χ2v) is 2.40. The van der Waals surface area contributed by atoms with Crippen molar-refractivity contribution in [2.45, 2.75) is 19.9 Å². The van der Waals surface area contributed by atoms with Gasteiger partial charge in [-0.1, -0.05) is 0 Å². The van der Waals surface area contributed by atoms with Gasteiger partial charge >= 0.3 is 0 Å². The molecule has 1 aromatic rings. The summed E-state index contributed by atoms with van der Waals surface area (Å²) in [6.45, 7) is 4.14. The highest BCUT2D eigenvalue weighted by Gasteiger charge is 2.01. The second-order valence-electron chi connectivity index (χ2n) is 2.40. The highest BCUT2D eigenvalue weighted by atomic mass is 15.3. The first-order chi connectivity index (χ1) is 4.75. The first kappa shape index (κ1) is 7.08. The Balaban J connectivity index is 2.90. The number of hydrogen-bond acceptors (Lipinski definition) is 3. The molecular weight excluding hydrogens is 128 g/mol. The van der Waals surface area contributed by atoms with Gasteiger partial charge in [0.15, 0.2) is 0 Å². The molecule has 0 saturated carbocycles. The number of rotatable bonds is 2. The summed E-state index contributed by atoms with van der Waals surface area (Å²) in [7, 11) is 0. The van der Waals surface area contributed by atoms with E-state index in [0.717, 1.165) is 0 Å². The smallest absolute Gasteiger partial charge is 0.217 e. The van der Waals surface area contributed by atoms with Crippen LogP contribution in [0.1, 0.15) is 19.9 Å². The number of nitrogen functional groups attached to an aromatic ring is 1. The zero-order valence-corrected chi connectivity index (χ0v) is 6.20. The van der Waals surface area contributed by atoms with Crippen LogP contribution in [0.5, 0.6) is 0 Å². The average Bonchev–Trinajstić information content (AvgIpc) is 2.33. The third kappa shape index (κ3) is 1.11. The summed E-state index contributed by atoms with van der Waals surface area (Å²) < 4.78 is 1.96. The molecule has 1 rings (SSSR count). The van der Waals surface area contributed by atoms with E-state index in [1.807, 2.05) is 10.8 Å². The summed E-state index contributed by atoms with van der Waals surface area (Å²) in [6.07, 6.45) is 3.61. The number of nitrogens with two attached hydrogens (primary N) is 1. The van der Waals surface area contributed by atoms with E-state index in [4.69, 9.17) is 5.84 Å². The Kier molecular flexibility index (Phi) is 1.91. The lowest BCUT2D eigenvalue weighted by Gasteiger charge is -2.09. The highest BCUT2D eigenvalue weighted by molar-refractivity contribution is 5.23. The highest BCUT2D eigenvalue weighted by Crippen LogP contribution is 2.10. The molecule has 1 heterocycles. The molecule has 0 aliphatic heterocycles. The van der Waals surface area contributed by atoms with Gasteiger partial charge in [-0.15, -0.1) is 0 Å². The van der Waals surface area contributed by atoms with Crippen LogP contribution in [0.3, 0.4) is 0 Å². The molecule has 0 aromatic carbocycles. The van der Waals surface area contributed by atoms with Crippen LogP contribution in [-0.2, 0) is 0 Å². The first-order valence-electron chi connectivity index (χ1n) is 3.25. The molecular formula is C6H12N4. The van der Waals surface area contributed by atoms with E-state index >= 15 is 0 Å². The van der Waals surface area contributed by atoms with E-state index in [1.54, 1.807) is 6.20 Å². The monoisotopic (exact) mass is 140 g/mol. The van der Waals surface area contributed by atoms with E-state index in [2.05, 4.69) is 24.3 Å². The van der Waals surface area contributed by atoms with Gasteiger partial charge in [0.05, 0.1) is 0 Å². The van der Waals surface area contributed by atoms with Gasteiger partial charge in [-0.3, -0.25) is 5.43 Å². The Morgan fingerprint density at radius 1 is 1.70 bits per heavy atom. The van der Waals surface area contributed by atoms with Crippen LogP contribution in [0, 0.1) is 0 Å². The van der Waals surface area contributed by atoms with Crippen molar-refractivity contribution >= 4 is 5.95 Å². The molecule has 3 N–H and O–H groups in total. The van der Waals surface area contributed by atoms with Crippen LogP contribution in [0.2, 0.25) is 0 Å². The molecule has 0 atom stereocenters. The predicted octanol–water partition coefficient (Wildman–Crippen LogP) is 0.750. The Hall–Kier alpha value is -1.03. The van der Waals surface area contributed by atoms with Crippen molar-refractivity contribution in [1.82, 2.24) is 9.55 Å². The van der Waals surface area contributed by atoms with Crippen LogP contribution >= 0.6 is 0 Å². The summed E-state index contributed by atoms with van der Waals surface area (Å²) in [5, 5.41) is 0. The van der Waals surface area contributed by atoms with E-state index in [0.29, 0.717) is 12.0 Å². The zero-order chi connectivity index (χ0) is 7.56. The van der Waals surface area contributed by atoms with Crippen molar-refractivity contribution in [3.8, 4) is 0 Å². The number of aromatic nitrogens is 2. The van der Waals surface area contributed by atoms with Crippen molar-refractivity contribution in [2.24, 2.45) is 5.84 Å². The molecule has 0 saturated heterocycles. The molecule has 10 heavy (non-hydrogen) atoms. The van der Waals surface area contributed by atoms with Crippen molar-refractivity contribution in [3.63, 3.8) is 0 Å². The number of imidazole rings is 1. The van der Waals surface area contributed by atoms with Gasteiger partial charge in [-0.2, -0.15) is 0 Å². The minimum absolute atomic E-state index is 0.397. The van der Waals surface area contributed by atoms with Crippen LogP contribution in [0.4, 0.5) is 5.95 Å². The topological polar surface area (TPSA) is 55.9 Å². The fourth-order valence-corrected chi connectivity index (χ4v) is 0.842. The maximum Gasteiger partial charge on any atom is 0.217 e. The van der Waals surface area contributed by atoms with Crippen LogP contribution < -0.4 is 11.3 Å². The fraction of sp³-hybridized carbons (Fsp3) is 0.500. The van der Waals surface area contributed by atoms with Crippen LogP contribution in [0.15, 0.2) is 12.4 Å². The number of hydrogen-bond donors (Lipinski definition) is 2. The quantitative estimate of drug-likeness (QED) is 0.470. The van der Waals surface area contributed by atoms with E-state index in [-0.39, 0.29) is 0 Å². The van der Waals surface area contributed by atoms with E-state index in [1.165, 1.54) is 0 Å². The molecule has 4 nitrogen and oxygen atoms in total.